The normalized spacial score (nSPS) is 11.4. The molecule has 0 radical (unpaired) electrons. The van der Waals surface area contributed by atoms with Crippen LogP contribution in [0, 0.1) is 6.92 Å². The zero-order valence-corrected chi connectivity index (χ0v) is 11.5. The zero-order chi connectivity index (χ0) is 13.4. The molecule has 96 valence electrons. The number of aliphatic carboxylic acids is 1. The average molecular weight is 266 g/mol. The lowest BCUT2D eigenvalue weighted by Gasteiger charge is -2.04. The minimum absolute atomic E-state index is 0.0391. The van der Waals surface area contributed by atoms with Gasteiger partial charge in [0.25, 0.3) is 0 Å². The fraction of sp³-hybridized carbons (Fsp3) is 0.357. The molecule has 0 aliphatic rings. The van der Waals surface area contributed by atoms with E-state index in [9.17, 15) is 4.79 Å². The minimum Gasteiger partial charge on any atom is -0.480 e. The van der Waals surface area contributed by atoms with E-state index in [-0.39, 0.29) is 6.54 Å². The van der Waals surface area contributed by atoms with Crippen molar-refractivity contribution in [3.63, 3.8) is 0 Å². The molecule has 1 heterocycles. The lowest BCUT2D eigenvalue weighted by atomic mass is 10.0. The van der Waals surface area contributed by atoms with E-state index in [2.05, 4.69) is 13.8 Å². The molecule has 0 saturated carbocycles. The van der Waals surface area contributed by atoms with Crippen molar-refractivity contribution in [2.75, 3.05) is 0 Å². The first-order chi connectivity index (χ1) is 8.40. The highest BCUT2D eigenvalue weighted by atomic mass is 35.5. The van der Waals surface area contributed by atoms with Gasteiger partial charge in [-0.15, -0.1) is 0 Å². The van der Waals surface area contributed by atoms with Gasteiger partial charge < -0.3 is 9.67 Å². The monoisotopic (exact) mass is 265 g/mol. The number of aryl methyl sites for hydroxylation is 1. The molecular formula is C14H16ClNO2. The Hall–Kier alpha value is -1.48. The maximum atomic E-state index is 10.9. The Morgan fingerprint density at radius 3 is 2.67 bits per heavy atom. The molecule has 0 bridgehead atoms. The van der Waals surface area contributed by atoms with Gasteiger partial charge in [-0.25, -0.2) is 0 Å². The molecule has 1 N–H and O–H groups in total. The molecule has 3 nitrogen and oxygen atoms in total. The summed E-state index contributed by atoms with van der Waals surface area (Å²) in [5, 5.41) is 10.7. The van der Waals surface area contributed by atoms with E-state index in [0.717, 1.165) is 22.0 Å². The highest BCUT2D eigenvalue weighted by Gasteiger charge is 2.14. The van der Waals surface area contributed by atoms with Crippen LogP contribution in [-0.2, 0) is 11.3 Å². The molecule has 0 aliphatic heterocycles. The van der Waals surface area contributed by atoms with Crippen LogP contribution in [-0.4, -0.2) is 15.6 Å². The molecular weight excluding hydrogens is 250 g/mol. The highest BCUT2D eigenvalue weighted by Crippen LogP contribution is 2.31. The van der Waals surface area contributed by atoms with Gasteiger partial charge in [0.1, 0.15) is 6.54 Å². The topological polar surface area (TPSA) is 42.2 Å². The van der Waals surface area contributed by atoms with Crippen molar-refractivity contribution in [3.05, 3.63) is 34.5 Å². The first-order valence-electron chi connectivity index (χ1n) is 5.91. The molecule has 2 rings (SSSR count). The third-order valence-corrected chi connectivity index (χ3v) is 3.53. The van der Waals surface area contributed by atoms with Gasteiger partial charge in [0.15, 0.2) is 0 Å². The van der Waals surface area contributed by atoms with E-state index in [1.165, 1.54) is 0 Å². The summed E-state index contributed by atoms with van der Waals surface area (Å²) in [6, 6.07) is 3.88. The van der Waals surface area contributed by atoms with E-state index in [4.69, 9.17) is 16.7 Å². The second-order valence-corrected chi connectivity index (χ2v) is 5.29. The number of carboxylic acid groups (broad SMARTS) is 1. The highest BCUT2D eigenvalue weighted by molar-refractivity contribution is 6.32. The van der Waals surface area contributed by atoms with Gasteiger partial charge in [-0.2, -0.15) is 0 Å². The quantitative estimate of drug-likeness (QED) is 0.917. The van der Waals surface area contributed by atoms with Crippen molar-refractivity contribution in [2.24, 2.45) is 0 Å². The standard InChI is InChI=1S/C14H16ClNO2/c1-8(2)11-6-16(7-14(17)18)13-5-12(15)9(3)4-10(11)13/h4-6,8H,7H2,1-3H3,(H,17,18). The maximum absolute atomic E-state index is 10.9. The van der Waals surface area contributed by atoms with Gasteiger partial charge >= 0.3 is 5.97 Å². The summed E-state index contributed by atoms with van der Waals surface area (Å²) in [4.78, 5) is 10.9. The van der Waals surface area contributed by atoms with E-state index in [0.29, 0.717) is 10.9 Å². The minimum atomic E-state index is -0.848. The Morgan fingerprint density at radius 1 is 1.44 bits per heavy atom. The number of nitrogens with zero attached hydrogens (tertiary/aromatic N) is 1. The number of aromatic nitrogens is 1. The first kappa shape index (κ1) is 13.0. The van der Waals surface area contributed by atoms with Crippen LogP contribution in [0.2, 0.25) is 5.02 Å². The van der Waals surface area contributed by atoms with Gasteiger partial charge in [0.2, 0.25) is 0 Å². The van der Waals surface area contributed by atoms with Gasteiger partial charge in [0, 0.05) is 16.6 Å². The summed E-state index contributed by atoms with van der Waals surface area (Å²) in [5.41, 5.74) is 3.06. The zero-order valence-electron chi connectivity index (χ0n) is 10.7. The Bertz CT molecular complexity index is 614. The summed E-state index contributed by atoms with van der Waals surface area (Å²) >= 11 is 6.12. The molecule has 0 unspecified atom stereocenters. The number of benzene rings is 1. The maximum Gasteiger partial charge on any atom is 0.323 e. The van der Waals surface area contributed by atoms with E-state index in [1.54, 1.807) is 4.57 Å². The van der Waals surface area contributed by atoms with E-state index in [1.807, 2.05) is 25.3 Å². The molecule has 18 heavy (non-hydrogen) atoms. The first-order valence-corrected chi connectivity index (χ1v) is 6.28. The Morgan fingerprint density at radius 2 is 2.11 bits per heavy atom. The fourth-order valence-electron chi connectivity index (χ4n) is 2.18. The summed E-state index contributed by atoms with van der Waals surface area (Å²) < 4.78 is 1.75. The summed E-state index contributed by atoms with van der Waals surface area (Å²) in [7, 11) is 0. The van der Waals surface area contributed by atoms with Gasteiger partial charge in [-0.3, -0.25) is 4.79 Å². The van der Waals surface area contributed by atoms with Crippen molar-refractivity contribution in [1.82, 2.24) is 4.57 Å². The van der Waals surface area contributed by atoms with Crippen LogP contribution >= 0.6 is 11.6 Å². The van der Waals surface area contributed by atoms with Crippen LogP contribution in [0.3, 0.4) is 0 Å². The molecule has 0 aliphatic carbocycles. The molecule has 4 heteroatoms. The number of carbonyl (C=O) groups is 1. The van der Waals surface area contributed by atoms with E-state index < -0.39 is 5.97 Å². The summed E-state index contributed by atoms with van der Waals surface area (Å²) in [6.45, 7) is 6.12. The van der Waals surface area contributed by atoms with Crippen molar-refractivity contribution in [3.8, 4) is 0 Å². The number of carboxylic acids is 1. The number of fused-ring (bicyclic) bond motifs is 1. The largest absolute Gasteiger partial charge is 0.480 e. The molecule has 2 aromatic rings. The Kier molecular flexibility index (Phi) is 3.35. The lowest BCUT2D eigenvalue weighted by Crippen LogP contribution is -2.07. The SMILES string of the molecule is Cc1cc2c(C(C)C)cn(CC(=O)O)c2cc1Cl. The Balaban J connectivity index is 2.72. The smallest absolute Gasteiger partial charge is 0.323 e. The third kappa shape index (κ3) is 2.23. The van der Waals surface area contributed by atoms with Crippen molar-refractivity contribution < 1.29 is 9.90 Å². The molecule has 1 aromatic heterocycles. The Labute approximate surface area is 111 Å². The third-order valence-electron chi connectivity index (χ3n) is 3.12. The van der Waals surface area contributed by atoms with Crippen molar-refractivity contribution in [2.45, 2.75) is 33.2 Å². The van der Waals surface area contributed by atoms with Crippen LogP contribution in [0.15, 0.2) is 18.3 Å². The molecule has 0 atom stereocenters. The van der Waals surface area contributed by atoms with Crippen LogP contribution in [0.5, 0.6) is 0 Å². The second kappa shape index (κ2) is 4.65. The van der Waals surface area contributed by atoms with E-state index >= 15 is 0 Å². The molecule has 0 spiro atoms. The van der Waals surface area contributed by atoms with Crippen LogP contribution in [0.1, 0.15) is 30.9 Å². The van der Waals surface area contributed by atoms with Crippen LogP contribution in [0.25, 0.3) is 10.9 Å². The fourth-order valence-corrected chi connectivity index (χ4v) is 2.34. The average Bonchev–Trinajstić information content (AvgIpc) is 2.57. The predicted molar refractivity (Wildman–Crippen MR) is 73.4 cm³/mol. The van der Waals surface area contributed by atoms with Gasteiger partial charge in [-0.1, -0.05) is 25.4 Å². The number of hydrogen-bond acceptors (Lipinski definition) is 1. The molecule has 0 fully saturated rings. The number of hydrogen-bond donors (Lipinski definition) is 1. The lowest BCUT2D eigenvalue weighted by molar-refractivity contribution is -0.137. The summed E-state index contributed by atoms with van der Waals surface area (Å²) in [5.74, 6) is -0.498. The van der Waals surface area contributed by atoms with Gasteiger partial charge in [0.05, 0.1) is 5.52 Å². The van der Waals surface area contributed by atoms with Crippen molar-refractivity contribution in [1.29, 1.82) is 0 Å². The molecule has 0 amide bonds. The van der Waals surface area contributed by atoms with Crippen LogP contribution in [0.4, 0.5) is 0 Å². The van der Waals surface area contributed by atoms with Gasteiger partial charge in [-0.05, 0) is 36.1 Å². The number of rotatable bonds is 3. The summed E-state index contributed by atoms with van der Waals surface area (Å²) in [6.07, 6.45) is 1.92. The van der Waals surface area contributed by atoms with Crippen molar-refractivity contribution >= 4 is 28.5 Å². The van der Waals surface area contributed by atoms with Crippen LogP contribution < -0.4 is 0 Å². The second-order valence-electron chi connectivity index (χ2n) is 4.88. The number of halogens is 1. The molecule has 1 aromatic carbocycles. The predicted octanol–water partition coefficient (Wildman–Crippen LogP) is 3.81. The molecule has 0 saturated heterocycles.